The van der Waals surface area contributed by atoms with Gasteiger partial charge in [-0.3, -0.25) is 0 Å². The van der Waals surface area contributed by atoms with Crippen molar-refractivity contribution in [1.29, 1.82) is 0 Å². The highest BCUT2D eigenvalue weighted by molar-refractivity contribution is 7.99. The van der Waals surface area contributed by atoms with E-state index in [1.54, 1.807) is 16.8 Å². The van der Waals surface area contributed by atoms with Gasteiger partial charge in [0.2, 0.25) is 10.0 Å². The van der Waals surface area contributed by atoms with Gasteiger partial charge < -0.3 is 9.67 Å². The molecule has 0 radical (unpaired) electrons. The Balaban J connectivity index is 2.07. The second-order valence-electron chi connectivity index (χ2n) is 5.44. The molecule has 21 heavy (non-hydrogen) atoms. The van der Waals surface area contributed by atoms with Crippen molar-refractivity contribution in [3.8, 4) is 0 Å². The predicted molar refractivity (Wildman–Crippen MR) is 85.9 cm³/mol. The van der Waals surface area contributed by atoms with Crippen LogP contribution in [0.4, 0.5) is 0 Å². The van der Waals surface area contributed by atoms with Gasteiger partial charge in [0.25, 0.3) is 0 Å². The molecule has 1 aromatic heterocycles. The fourth-order valence-electron chi connectivity index (χ4n) is 2.80. The average molecular weight is 332 g/mol. The first-order valence-corrected chi connectivity index (χ1v) is 10.1. The lowest BCUT2D eigenvalue weighted by Gasteiger charge is -2.27. The highest BCUT2D eigenvalue weighted by atomic mass is 32.2. The van der Waals surface area contributed by atoms with Crippen molar-refractivity contribution >= 4 is 21.8 Å². The molecule has 0 aromatic carbocycles. The summed E-state index contributed by atoms with van der Waals surface area (Å²) in [5.74, 6) is 0. The Morgan fingerprint density at radius 2 is 2.05 bits per heavy atom. The van der Waals surface area contributed by atoms with E-state index >= 15 is 0 Å². The number of hydrogen-bond donors (Lipinski definition) is 2. The number of sulfonamides is 1. The van der Waals surface area contributed by atoms with E-state index in [9.17, 15) is 13.5 Å². The third kappa shape index (κ3) is 4.03. The van der Waals surface area contributed by atoms with E-state index in [0.717, 1.165) is 25.7 Å². The fraction of sp³-hybridized carbons (Fsp3) is 0.714. The third-order valence-corrected chi connectivity index (χ3v) is 6.73. The van der Waals surface area contributed by atoms with Gasteiger partial charge >= 0.3 is 0 Å². The molecule has 0 bridgehead atoms. The molecule has 1 aliphatic rings. The topological polar surface area (TPSA) is 71.3 Å². The minimum Gasteiger partial charge on any atom is -0.390 e. The average Bonchev–Trinajstić information content (AvgIpc) is 2.92. The summed E-state index contributed by atoms with van der Waals surface area (Å²) in [5, 5.41) is 9.93. The van der Waals surface area contributed by atoms with Gasteiger partial charge in [0, 0.05) is 29.7 Å². The summed E-state index contributed by atoms with van der Waals surface area (Å²) in [7, 11) is -3.49. The van der Waals surface area contributed by atoms with Gasteiger partial charge in [0.15, 0.2) is 0 Å². The van der Waals surface area contributed by atoms with Crippen LogP contribution in [0.3, 0.4) is 0 Å². The monoisotopic (exact) mass is 332 g/mol. The second-order valence-corrected chi connectivity index (χ2v) is 8.29. The Hall–Kier alpha value is -0.500. The Bertz CT molecular complexity index is 539. The number of nitrogens with one attached hydrogen (secondary N) is 1. The standard InChI is InChI=1S/C14H24N2O3S2/c1-3-16-9-14(8-12(16)10-17)21(18,19)15-11-4-6-13(20-2)7-5-11/h8-9,11,13,15,17H,3-7,10H2,1-2H3. The molecule has 2 rings (SSSR count). The zero-order valence-electron chi connectivity index (χ0n) is 12.6. The van der Waals surface area contributed by atoms with E-state index in [1.165, 1.54) is 0 Å². The Kier molecular flexibility index (Phi) is 5.76. The summed E-state index contributed by atoms with van der Waals surface area (Å²) in [4.78, 5) is 0.250. The SMILES string of the molecule is CCn1cc(S(=O)(=O)NC2CCC(SC)CC2)cc1CO. The van der Waals surface area contributed by atoms with Crippen LogP contribution in [0.15, 0.2) is 17.2 Å². The van der Waals surface area contributed by atoms with Crippen molar-refractivity contribution in [3.05, 3.63) is 18.0 Å². The van der Waals surface area contributed by atoms with Gasteiger partial charge in [-0.2, -0.15) is 11.8 Å². The van der Waals surface area contributed by atoms with Crippen LogP contribution in [0.1, 0.15) is 38.3 Å². The minimum absolute atomic E-state index is 0.0287. The molecule has 0 atom stereocenters. The van der Waals surface area contributed by atoms with E-state index < -0.39 is 10.0 Å². The van der Waals surface area contributed by atoms with Crippen molar-refractivity contribution in [2.45, 2.75) is 61.9 Å². The van der Waals surface area contributed by atoms with E-state index in [4.69, 9.17) is 0 Å². The number of nitrogens with zero attached hydrogens (tertiary/aromatic N) is 1. The lowest BCUT2D eigenvalue weighted by Crippen LogP contribution is -2.37. The van der Waals surface area contributed by atoms with E-state index in [-0.39, 0.29) is 17.5 Å². The van der Waals surface area contributed by atoms with E-state index in [0.29, 0.717) is 17.5 Å². The molecule has 1 fully saturated rings. The van der Waals surface area contributed by atoms with Crippen molar-refractivity contribution in [1.82, 2.24) is 9.29 Å². The molecule has 0 saturated heterocycles. The summed E-state index contributed by atoms with van der Waals surface area (Å²) in [5.41, 5.74) is 0.629. The van der Waals surface area contributed by atoms with Crippen molar-refractivity contribution < 1.29 is 13.5 Å². The number of aromatic nitrogens is 1. The first-order valence-electron chi connectivity index (χ1n) is 7.35. The van der Waals surface area contributed by atoms with Gasteiger partial charge in [-0.05, 0) is 44.9 Å². The zero-order chi connectivity index (χ0) is 15.5. The van der Waals surface area contributed by atoms with Gasteiger partial charge in [-0.15, -0.1) is 0 Å². The van der Waals surface area contributed by atoms with Crippen LogP contribution in [-0.4, -0.2) is 35.6 Å². The molecule has 2 N–H and O–H groups in total. The molecule has 5 nitrogen and oxygen atoms in total. The number of rotatable bonds is 6. The Morgan fingerprint density at radius 3 is 2.52 bits per heavy atom. The summed E-state index contributed by atoms with van der Waals surface area (Å²) in [6.07, 6.45) is 7.62. The van der Waals surface area contributed by atoms with Gasteiger partial charge in [-0.1, -0.05) is 0 Å². The highest BCUT2D eigenvalue weighted by Gasteiger charge is 2.26. The first kappa shape index (κ1) is 16.9. The van der Waals surface area contributed by atoms with Crippen LogP contribution < -0.4 is 4.72 Å². The molecule has 0 aliphatic heterocycles. The molecule has 1 saturated carbocycles. The Morgan fingerprint density at radius 1 is 1.38 bits per heavy atom. The van der Waals surface area contributed by atoms with Crippen molar-refractivity contribution in [2.75, 3.05) is 6.26 Å². The molecule has 7 heteroatoms. The molecule has 1 aromatic rings. The maximum atomic E-state index is 12.4. The van der Waals surface area contributed by atoms with E-state index in [1.807, 2.05) is 18.7 Å². The molecule has 1 aliphatic carbocycles. The zero-order valence-corrected chi connectivity index (χ0v) is 14.2. The number of thioether (sulfide) groups is 1. The van der Waals surface area contributed by atoms with Crippen LogP contribution in [-0.2, 0) is 23.2 Å². The maximum Gasteiger partial charge on any atom is 0.242 e. The molecular formula is C14H24N2O3S2. The lowest BCUT2D eigenvalue weighted by atomic mass is 9.96. The van der Waals surface area contributed by atoms with Gasteiger partial charge in [0.05, 0.1) is 11.5 Å². The minimum atomic E-state index is -3.49. The second kappa shape index (κ2) is 7.17. The van der Waals surface area contributed by atoms with Crippen LogP contribution in [0, 0.1) is 0 Å². The Labute approximate surface area is 131 Å². The summed E-state index contributed by atoms with van der Waals surface area (Å²) in [6, 6.07) is 1.58. The fourth-order valence-corrected chi connectivity index (χ4v) is 4.91. The van der Waals surface area contributed by atoms with Crippen molar-refractivity contribution in [2.24, 2.45) is 0 Å². The number of aliphatic hydroxyl groups excluding tert-OH is 1. The smallest absolute Gasteiger partial charge is 0.242 e. The molecule has 0 spiro atoms. The van der Waals surface area contributed by atoms with Crippen LogP contribution >= 0.6 is 11.8 Å². The molecular weight excluding hydrogens is 308 g/mol. The molecule has 0 unspecified atom stereocenters. The third-order valence-electron chi connectivity index (χ3n) is 4.10. The summed E-state index contributed by atoms with van der Waals surface area (Å²) >= 11 is 1.87. The quantitative estimate of drug-likeness (QED) is 0.835. The van der Waals surface area contributed by atoms with Crippen molar-refractivity contribution in [3.63, 3.8) is 0 Å². The summed E-state index contributed by atoms with van der Waals surface area (Å²) < 4.78 is 29.5. The van der Waals surface area contributed by atoms with Crippen LogP contribution in [0.5, 0.6) is 0 Å². The largest absolute Gasteiger partial charge is 0.390 e. The molecule has 1 heterocycles. The normalized spacial score (nSPS) is 23.4. The van der Waals surface area contributed by atoms with Crippen LogP contribution in [0.2, 0.25) is 0 Å². The highest BCUT2D eigenvalue weighted by Crippen LogP contribution is 2.28. The maximum absolute atomic E-state index is 12.4. The van der Waals surface area contributed by atoms with Crippen LogP contribution in [0.25, 0.3) is 0 Å². The lowest BCUT2D eigenvalue weighted by molar-refractivity contribution is 0.271. The van der Waals surface area contributed by atoms with E-state index in [2.05, 4.69) is 11.0 Å². The van der Waals surface area contributed by atoms with Gasteiger partial charge in [0.1, 0.15) is 0 Å². The first-order chi connectivity index (χ1) is 10.00. The number of aliphatic hydroxyl groups is 1. The molecule has 120 valence electrons. The number of hydrogen-bond acceptors (Lipinski definition) is 4. The predicted octanol–water partition coefficient (Wildman–Crippen LogP) is 1.95. The molecule has 0 amide bonds. The van der Waals surface area contributed by atoms with Gasteiger partial charge in [-0.25, -0.2) is 13.1 Å². The summed E-state index contributed by atoms with van der Waals surface area (Å²) in [6.45, 7) is 2.42. The number of aryl methyl sites for hydroxylation is 1.